The SMILES string of the molecule is CSC1CCC(NCc2ccc(C)cc2)C1. The largest absolute Gasteiger partial charge is 0.310 e. The number of thioether (sulfide) groups is 1. The van der Waals surface area contributed by atoms with Crippen molar-refractivity contribution in [2.24, 2.45) is 0 Å². The minimum absolute atomic E-state index is 0.735. The van der Waals surface area contributed by atoms with Crippen molar-refractivity contribution in [3.8, 4) is 0 Å². The third-order valence-corrected chi connectivity index (χ3v) is 4.53. The Hall–Kier alpha value is -0.470. The van der Waals surface area contributed by atoms with Crippen molar-refractivity contribution in [3.63, 3.8) is 0 Å². The van der Waals surface area contributed by atoms with Crippen LogP contribution in [0.3, 0.4) is 0 Å². The highest BCUT2D eigenvalue weighted by Crippen LogP contribution is 2.28. The van der Waals surface area contributed by atoms with Crippen LogP contribution in [0.25, 0.3) is 0 Å². The predicted octanol–water partition coefficient (Wildman–Crippen LogP) is 3.37. The Morgan fingerprint density at radius 3 is 2.62 bits per heavy atom. The topological polar surface area (TPSA) is 12.0 Å². The number of nitrogens with one attached hydrogen (secondary N) is 1. The molecule has 0 saturated heterocycles. The first-order chi connectivity index (χ1) is 7.78. The van der Waals surface area contributed by atoms with Gasteiger partial charge in [-0.15, -0.1) is 0 Å². The van der Waals surface area contributed by atoms with Crippen molar-refractivity contribution in [1.29, 1.82) is 0 Å². The van der Waals surface area contributed by atoms with Crippen LogP contribution in [0.2, 0.25) is 0 Å². The van der Waals surface area contributed by atoms with E-state index in [0.29, 0.717) is 0 Å². The van der Waals surface area contributed by atoms with Crippen molar-refractivity contribution in [1.82, 2.24) is 5.32 Å². The zero-order valence-corrected chi connectivity index (χ0v) is 11.0. The highest BCUT2D eigenvalue weighted by atomic mass is 32.2. The van der Waals surface area contributed by atoms with Gasteiger partial charge in [0.25, 0.3) is 0 Å². The summed E-state index contributed by atoms with van der Waals surface area (Å²) < 4.78 is 0. The molecule has 2 rings (SSSR count). The summed E-state index contributed by atoms with van der Waals surface area (Å²) in [6.07, 6.45) is 6.30. The summed E-state index contributed by atoms with van der Waals surface area (Å²) >= 11 is 2.02. The van der Waals surface area contributed by atoms with Crippen LogP contribution >= 0.6 is 11.8 Å². The van der Waals surface area contributed by atoms with E-state index in [0.717, 1.165) is 17.8 Å². The molecule has 0 aromatic heterocycles. The van der Waals surface area contributed by atoms with Crippen LogP contribution in [0.4, 0.5) is 0 Å². The fraction of sp³-hybridized carbons (Fsp3) is 0.571. The highest BCUT2D eigenvalue weighted by molar-refractivity contribution is 7.99. The molecule has 0 aliphatic heterocycles. The molecule has 0 spiro atoms. The quantitative estimate of drug-likeness (QED) is 0.859. The number of hydrogen-bond donors (Lipinski definition) is 1. The Bertz CT molecular complexity index is 320. The molecule has 1 aliphatic rings. The van der Waals surface area contributed by atoms with Gasteiger partial charge in [0.1, 0.15) is 0 Å². The van der Waals surface area contributed by atoms with Gasteiger partial charge in [0.15, 0.2) is 0 Å². The van der Waals surface area contributed by atoms with Crippen molar-refractivity contribution in [2.45, 2.75) is 44.0 Å². The van der Waals surface area contributed by atoms with Crippen LogP contribution in [-0.2, 0) is 6.54 Å². The van der Waals surface area contributed by atoms with Crippen LogP contribution in [0, 0.1) is 6.92 Å². The number of rotatable bonds is 4. The fourth-order valence-electron chi connectivity index (χ4n) is 2.31. The molecule has 2 heteroatoms. The maximum absolute atomic E-state index is 3.67. The lowest BCUT2D eigenvalue weighted by molar-refractivity contribution is 0.525. The zero-order chi connectivity index (χ0) is 11.4. The normalized spacial score (nSPS) is 24.9. The molecule has 2 unspecified atom stereocenters. The Morgan fingerprint density at radius 2 is 2.00 bits per heavy atom. The van der Waals surface area contributed by atoms with Gasteiger partial charge in [-0.05, 0) is 38.0 Å². The third-order valence-electron chi connectivity index (χ3n) is 3.43. The first-order valence-electron chi connectivity index (χ1n) is 6.09. The maximum atomic E-state index is 3.67. The first kappa shape index (κ1) is 12.0. The molecule has 0 radical (unpaired) electrons. The standard InChI is InChI=1S/C14H21NS/c1-11-3-5-12(6-4-11)10-15-13-7-8-14(9-13)16-2/h3-6,13-15H,7-10H2,1-2H3. The van der Waals surface area contributed by atoms with Gasteiger partial charge in [-0.1, -0.05) is 29.8 Å². The second kappa shape index (κ2) is 5.74. The summed E-state index contributed by atoms with van der Waals surface area (Å²) in [6.45, 7) is 3.16. The van der Waals surface area contributed by atoms with Gasteiger partial charge >= 0.3 is 0 Å². The van der Waals surface area contributed by atoms with E-state index in [-0.39, 0.29) is 0 Å². The van der Waals surface area contributed by atoms with Gasteiger partial charge in [0.2, 0.25) is 0 Å². The monoisotopic (exact) mass is 235 g/mol. The van der Waals surface area contributed by atoms with Crippen LogP contribution in [0.5, 0.6) is 0 Å². The number of benzene rings is 1. The van der Waals surface area contributed by atoms with Gasteiger partial charge in [-0.3, -0.25) is 0 Å². The van der Waals surface area contributed by atoms with Crippen LogP contribution in [-0.4, -0.2) is 17.5 Å². The average Bonchev–Trinajstić information content (AvgIpc) is 2.76. The lowest BCUT2D eigenvalue weighted by Gasteiger charge is -2.12. The summed E-state index contributed by atoms with van der Waals surface area (Å²) in [5.74, 6) is 0. The molecule has 0 heterocycles. The predicted molar refractivity (Wildman–Crippen MR) is 73.0 cm³/mol. The smallest absolute Gasteiger partial charge is 0.0208 e. The Balaban J connectivity index is 1.77. The molecule has 1 aromatic rings. The molecule has 0 amide bonds. The van der Waals surface area contributed by atoms with Crippen molar-refractivity contribution in [2.75, 3.05) is 6.26 Å². The molecule has 1 aromatic carbocycles. The number of aryl methyl sites for hydroxylation is 1. The second-order valence-corrected chi connectivity index (χ2v) is 5.87. The van der Waals surface area contributed by atoms with Crippen LogP contribution in [0.15, 0.2) is 24.3 Å². The minimum Gasteiger partial charge on any atom is -0.310 e. The summed E-state index contributed by atoms with van der Waals surface area (Å²) in [5.41, 5.74) is 2.74. The highest BCUT2D eigenvalue weighted by Gasteiger charge is 2.22. The van der Waals surface area contributed by atoms with Gasteiger partial charge < -0.3 is 5.32 Å². The van der Waals surface area contributed by atoms with E-state index in [1.54, 1.807) is 0 Å². The molecule has 16 heavy (non-hydrogen) atoms. The summed E-state index contributed by atoms with van der Waals surface area (Å²) in [4.78, 5) is 0. The van der Waals surface area contributed by atoms with Crippen molar-refractivity contribution >= 4 is 11.8 Å². The van der Waals surface area contributed by atoms with Gasteiger partial charge in [-0.25, -0.2) is 0 Å². The van der Waals surface area contributed by atoms with E-state index in [1.807, 2.05) is 11.8 Å². The third kappa shape index (κ3) is 3.26. The lowest BCUT2D eigenvalue weighted by Crippen LogP contribution is -2.26. The van der Waals surface area contributed by atoms with Crippen LogP contribution in [0.1, 0.15) is 30.4 Å². The van der Waals surface area contributed by atoms with Crippen molar-refractivity contribution < 1.29 is 0 Å². The lowest BCUT2D eigenvalue weighted by atomic mass is 10.1. The second-order valence-electron chi connectivity index (χ2n) is 4.73. The van der Waals surface area contributed by atoms with E-state index in [9.17, 15) is 0 Å². The molecule has 1 fully saturated rings. The molecule has 0 bridgehead atoms. The molecule has 1 N–H and O–H groups in total. The summed E-state index contributed by atoms with van der Waals surface area (Å²) in [7, 11) is 0. The van der Waals surface area contributed by atoms with E-state index in [2.05, 4.69) is 42.8 Å². The van der Waals surface area contributed by atoms with E-state index >= 15 is 0 Å². The molecule has 88 valence electrons. The minimum atomic E-state index is 0.735. The Labute approximate surface area is 103 Å². The Kier molecular flexibility index (Phi) is 4.30. The zero-order valence-electron chi connectivity index (χ0n) is 10.2. The van der Waals surface area contributed by atoms with Gasteiger partial charge in [0.05, 0.1) is 0 Å². The van der Waals surface area contributed by atoms with E-state index in [4.69, 9.17) is 0 Å². The average molecular weight is 235 g/mol. The van der Waals surface area contributed by atoms with Crippen molar-refractivity contribution in [3.05, 3.63) is 35.4 Å². The summed E-state index contributed by atoms with van der Waals surface area (Å²) in [6, 6.07) is 9.57. The summed E-state index contributed by atoms with van der Waals surface area (Å²) in [5, 5.41) is 4.55. The molecule has 1 aliphatic carbocycles. The van der Waals surface area contributed by atoms with Crippen LogP contribution < -0.4 is 5.32 Å². The maximum Gasteiger partial charge on any atom is 0.0208 e. The van der Waals surface area contributed by atoms with E-state index in [1.165, 1.54) is 30.4 Å². The molecule has 1 saturated carbocycles. The van der Waals surface area contributed by atoms with Gasteiger partial charge in [0, 0.05) is 17.8 Å². The first-order valence-corrected chi connectivity index (χ1v) is 7.38. The Morgan fingerprint density at radius 1 is 1.25 bits per heavy atom. The molecular formula is C14H21NS. The van der Waals surface area contributed by atoms with Gasteiger partial charge in [-0.2, -0.15) is 11.8 Å². The number of hydrogen-bond acceptors (Lipinski definition) is 2. The molecular weight excluding hydrogens is 214 g/mol. The fourth-order valence-corrected chi connectivity index (χ4v) is 3.10. The molecule has 2 atom stereocenters. The van der Waals surface area contributed by atoms with E-state index < -0.39 is 0 Å². The molecule has 1 nitrogen and oxygen atoms in total.